The average molecular weight is 154 g/mol. The first kappa shape index (κ1) is 10.7. The molecule has 66 valence electrons. The summed E-state index contributed by atoms with van der Waals surface area (Å²) < 4.78 is 0. The van der Waals surface area contributed by atoms with Crippen LogP contribution in [-0.4, -0.2) is 0 Å². The molecule has 0 saturated carbocycles. The fourth-order valence-corrected chi connectivity index (χ4v) is 1.90. The molecule has 0 saturated heterocycles. The quantitative estimate of drug-likeness (QED) is 0.500. The lowest BCUT2D eigenvalue weighted by Gasteiger charge is -2.24. The lowest BCUT2D eigenvalue weighted by molar-refractivity contribution is 0.423. The van der Waals surface area contributed by atoms with Crippen molar-refractivity contribution in [3.63, 3.8) is 0 Å². The second-order valence-corrected chi connectivity index (χ2v) is 3.61. The minimum atomic E-state index is 0. The van der Waals surface area contributed by atoms with Crippen LogP contribution in [0.4, 0.5) is 0 Å². The molecule has 2 unspecified atom stereocenters. The first-order chi connectivity index (χ1) is 4.74. The van der Waals surface area contributed by atoms with Gasteiger partial charge in [-0.15, -0.1) is 0 Å². The van der Waals surface area contributed by atoms with Crippen LogP contribution in [0.25, 0.3) is 0 Å². The van der Waals surface area contributed by atoms with E-state index in [2.05, 4.69) is 26.8 Å². The van der Waals surface area contributed by atoms with Crippen LogP contribution in [0.3, 0.4) is 0 Å². The number of hydrogen-bond donors (Lipinski definition) is 0. The van der Waals surface area contributed by atoms with Crippen LogP contribution in [0, 0.1) is 11.8 Å². The third-order valence-corrected chi connectivity index (χ3v) is 2.58. The monoisotopic (exact) mass is 154 g/mol. The molecule has 0 aliphatic heterocycles. The molecule has 0 heterocycles. The van der Waals surface area contributed by atoms with Crippen molar-refractivity contribution in [3.8, 4) is 0 Å². The van der Waals surface area contributed by atoms with E-state index in [9.17, 15) is 0 Å². The SMILES string of the molecule is C.CCC1=CCC(C)CC1C. The van der Waals surface area contributed by atoms with Gasteiger partial charge in [-0.25, -0.2) is 0 Å². The van der Waals surface area contributed by atoms with Gasteiger partial charge in [0.05, 0.1) is 0 Å². The lowest BCUT2D eigenvalue weighted by atomic mass is 9.82. The van der Waals surface area contributed by atoms with E-state index in [-0.39, 0.29) is 7.43 Å². The van der Waals surface area contributed by atoms with Crippen LogP contribution >= 0.6 is 0 Å². The smallest absolute Gasteiger partial charge is 0.0229 e. The van der Waals surface area contributed by atoms with Gasteiger partial charge in [0, 0.05) is 0 Å². The molecule has 1 aliphatic carbocycles. The van der Waals surface area contributed by atoms with Gasteiger partial charge in [-0.05, 0) is 31.1 Å². The Morgan fingerprint density at radius 1 is 1.45 bits per heavy atom. The van der Waals surface area contributed by atoms with Gasteiger partial charge in [-0.2, -0.15) is 0 Å². The summed E-state index contributed by atoms with van der Waals surface area (Å²) in [6, 6.07) is 0. The molecule has 0 aromatic heterocycles. The fourth-order valence-electron chi connectivity index (χ4n) is 1.90. The van der Waals surface area contributed by atoms with E-state index >= 15 is 0 Å². The second-order valence-electron chi connectivity index (χ2n) is 3.61. The Hall–Kier alpha value is -0.260. The Morgan fingerprint density at radius 2 is 2.09 bits per heavy atom. The predicted molar refractivity (Wildman–Crippen MR) is 52.7 cm³/mol. The molecule has 0 fully saturated rings. The van der Waals surface area contributed by atoms with Crippen molar-refractivity contribution in [1.29, 1.82) is 0 Å². The van der Waals surface area contributed by atoms with Gasteiger partial charge >= 0.3 is 0 Å². The van der Waals surface area contributed by atoms with E-state index in [1.54, 1.807) is 5.57 Å². The molecular formula is C11H22. The van der Waals surface area contributed by atoms with Crippen LogP contribution < -0.4 is 0 Å². The zero-order valence-corrected chi connectivity index (χ0v) is 7.35. The van der Waals surface area contributed by atoms with Crippen molar-refractivity contribution < 1.29 is 0 Å². The first-order valence-electron chi connectivity index (χ1n) is 4.43. The zero-order chi connectivity index (χ0) is 7.56. The third-order valence-electron chi connectivity index (χ3n) is 2.58. The van der Waals surface area contributed by atoms with Crippen molar-refractivity contribution in [2.24, 2.45) is 11.8 Å². The van der Waals surface area contributed by atoms with Crippen molar-refractivity contribution in [3.05, 3.63) is 11.6 Å². The summed E-state index contributed by atoms with van der Waals surface area (Å²) in [5.74, 6) is 1.78. The summed E-state index contributed by atoms with van der Waals surface area (Å²) in [5, 5.41) is 0. The highest BCUT2D eigenvalue weighted by molar-refractivity contribution is 5.08. The minimum absolute atomic E-state index is 0. The molecule has 0 aromatic carbocycles. The Labute approximate surface area is 71.7 Å². The van der Waals surface area contributed by atoms with E-state index in [4.69, 9.17) is 0 Å². The normalized spacial score (nSPS) is 30.6. The van der Waals surface area contributed by atoms with Crippen LogP contribution in [0.15, 0.2) is 11.6 Å². The average Bonchev–Trinajstić information content (AvgIpc) is 1.88. The molecule has 11 heavy (non-hydrogen) atoms. The summed E-state index contributed by atoms with van der Waals surface area (Å²) in [6.45, 7) is 6.96. The maximum atomic E-state index is 2.44. The molecule has 0 radical (unpaired) electrons. The van der Waals surface area contributed by atoms with Crippen LogP contribution in [0.1, 0.15) is 47.5 Å². The highest BCUT2D eigenvalue weighted by Crippen LogP contribution is 2.29. The summed E-state index contributed by atoms with van der Waals surface area (Å²) in [6.07, 6.45) is 6.42. The molecule has 0 N–H and O–H groups in total. The third kappa shape index (κ3) is 2.69. The first-order valence-corrected chi connectivity index (χ1v) is 4.43. The van der Waals surface area contributed by atoms with Crippen molar-refractivity contribution in [2.75, 3.05) is 0 Å². The molecule has 0 spiro atoms. The Kier molecular flexibility index (Phi) is 4.48. The standard InChI is InChI=1S/C10H18.CH4/c1-4-10-6-5-8(2)7-9(10)3;/h6,8-9H,4-5,7H2,1-3H3;1H4. The molecule has 0 aromatic rings. The highest BCUT2D eigenvalue weighted by Gasteiger charge is 2.15. The van der Waals surface area contributed by atoms with Gasteiger partial charge in [0.15, 0.2) is 0 Å². The lowest BCUT2D eigenvalue weighted by Crippen LogP contribution is -2.10. The number of hydrogen-bond acceptors (Lipinski definition) is 0. The van der Waals surface area contributed by atoms with E-state index in [0.29, 0.717) is 0 Å². The molecule has 0 amide bonds. The number of rotatable bonds is 1. The summed E-state index contributed by atoms with van der Waals surface area (Å²) >= 11 is 0. The van der Waals surface area contributed by atoms with Crippen LogP contribution in [-0.2, 0) is 0 Å². The zero-order valence-electron chi connectivity index (χ0n) is 7.35. The van der Waals surface area contributed by atoms with Gasteiger partial charge in [-0.3, -0.25) is 0 Å². The van der Waals surface area contributed by atoms with Crippen molar-refractivity contribution in [2.45, 2.75) is 47.5 Å². The molecule has 1 aliphatic rings. The predicted octanol–water partition coefficient (Wildman–Crippen LogP) is 4.02. The Bertz CT molecular complexity index is 133. The molecule has 0 heteroatoms. The summed E-state index contributed by atoms with van der Waals surface area (Å²) in [4.78, 5) is 0. The maximum Gasteiger partial charge on any atom is -0.0229 e. The Morgan fingerprint density at radius 3 is 2.55 bits per heavy atom. The van der Waals surface area contributed by atoms with E-state index in [1.165, 1.54) is 19.3 Å². The van der Waals surface area contributed by atoms with E-state index in [0.717, 1.165) is 11.8 Å². The van der Waals surface area contributed by atoms with Crippen LogP contribution in [0.5, 0.6) is 0 Å². The maximum absolute atomic E-state index is 2.44. The van der Waals surface area contributed by atoms with Crippen molar-refractivity contribution in [1.82, 2.24) is 0 Å². The number of allylic oxidation sites excluding steroid dienone is 2. The van der Waals surface area contributed by atoms with Gasteiger partial charge < -0.3 is 0 Å². The molecule has 2 atom stereocenters. The molecule has 1 rings (SSSR count). The second kappa shape index (κ2) is 4.58. The van der Waals surface area contributed by atoms with Gasteiger partial charge in [0.25, 0.3) is 0 Å². The molecular weight excluding hydrogens is 132 g/mol. The highest BCUT2D eigenvalue weighted by atomic mass is 14.2. The van der Waals surface area contributed by atoms with Crippen LogP contribution in [0.2, 0.25) is 0 Å². The van der Waals surface area contributed by atoms with Crippen molar-refractivity contribution >= 4 is 0 Å². The van der Waals surface area contributed by atoms with Gasteiger partial charge in [0.1, 0.15) is 0 Å². The Balaban J connectivity index is 0.000001000. The summed E-state index contributed by atoms with van der Waals surface area (Å²) in [5.41, 5.74) is 1.68. The molecule has 0 nitrogen and oxygen atoms in total. The largest absolute Gasteiger partial charge is 0.0848 e. The van der Waals surface area contributed by atoms with E-state index < -0.39 is 0 Å². The summed E-state index contributed by atoms with van der Waals surface area (Å²) in [7, 11) is 0. The van der Waals surface area contributed by atoms with Gasteiger partial charge in [-0.1, -0.05) is 39.8 Å². The van der Waals surface area contributed by atoms with Gasteiger partial charge in [0.2, 0.25) is 0 Å². The fraction of sp³-hybridized carbons (Fsp3) is 0.818. The topological polar surface area (TPSA) is 0 Å². The van der Waals surface area contributed by atoms with E-state index in [1.807, 2.05) is 0 Å². The minimum Gasteiger partial charge on any atom is -0.0848 e. The molecule has 0 bridgehead atoms.